The first kappa shape index (κ1) is 12.8. The highest BCUT2D eigenvalue weighted by Gasteiger charge is 2.12. The van der Waals surface area contributed by atoms with E-state index in [-0.39, 0.29) is 5.69 Å². The fourth-order valence-corrected chi connectivity index (χ4v) is 2.20. The van der Waals surface area contributed by atoms with E-state index in [4.69, 9.17) is 11.0 Å². The molecule has 3 aromatic rings. The van der Waals surface area contributed by atoms with Crippen LogP contribution in [-0.4, -0.2) is 15.9 Å². The molecule has 0 radical (unpaired) electrons. The van der Waals surface area contributed by atoms with E-state index in [9.17, 15) is 9.18 Å². The van der Waals surface area contributed by atoms with Crippen molar-refractivity contribution in [2.24, 2.45) is 5.73 Å². The number of nitrogens with one attached hydrogen (secondary N) is 1. The summed E-state index contributed by atoms with van der Waals surface area (Å²) in [5, 5.41) is 9.78. The molecule has 1 aromatic carbocycles. The zero-order valence-corrected chi connectivity index (χ0v) is 10.7. The van der Waals surface area contributed by atoms with Crippen molar-refractivity contribution in [3.63, 3.8) is 0 Å². The third kappa shape index (κ3) is 2.21. The number of primary amides is 1. The lowest BCUT2D eigenvalue weighted by Crippen LogP contribution is -2.10. The van der Waals surface area contributed by atoms with Crippen LogP contribution in [0.25, 0.3) is 22.0 Å². The molecular formula is C15H9FN4O. The summed E-state index contributed by atoms with van der Waals surface area (Å²) in [5.41, 5.74) is 7.88. The third-order valence-corrected chi connectivity index (χ3v) is 3.16. The van der Waals surface area contributed by atoms with Gasteiger partial charge in [0.1, 0.15) is 5.69 Å². The van der Waals surface area contributed by atoms with Gasteiger partial charge in [0.2, 0.25) is 5.95 Å². The summed E-state index contributed by atoms with van der Waals surface area (Å²) < 4.78 is 12.9. The minimum Gasteiger partial charge on any atom is -0.364 e. The Morgan fingerprint density at radius 3 is 2.76 bits per heavy atom. The first-order valence-electron chi connectivity index (χ1n) is 6.07. The molecule has 102 valence electrons. The number of benzene rings is 1. The SMILES string of the molecule is N#Cc1cc(-c2ccc(F)nc2)c2[nH]c(C(N)=O)cc2c1. The summed E-state index contributed by atoms with van der Waals surface area (Å²) in [6.45, 7) is 0. The smallest absolute Gasteiger partial charge is 0.265 e. The van der Waals surface area contributed by atoms with E-state index in [2.05, 4.69) is 16.0 Å². The lowest BCUT2D eigenvalue weighted by atomic mass is 10.0. The Kier molecular flexibility index (Phi) is 2.88. The van der Waals surface area contributed by atoms with Crippen LogP contribution in [0, 0.1) is 17.3 Å². The molecule has 0 saturated heterocycles. The molecule has 1 amide bonds. The van der Waals surface area contributed by atoms with Crippen LogP contribution in [-0.2, 0) is 0 Å². The van der Waals surface area contributed by atoms with E-state index in [1.54, 1.807) is 24.3 Å². The van der Waals surface area contributed by atoms with Gasteiger partial charge in [0.25, 0.3) is 5.91 Å². The Balaban J connectivity index is 2.31. The number of carbonyl (C=O) groups is 1. The molecule has 0 aliphatic carbocycles. The molecule has 3 N–H and O–H groups in total. The van der Waals surface area contributed by atoms with Crippen LogP contribution in [0.4, 0.5) is 4.39 Å². The summed E-state index contributed by atoms with van der Waals surface area (Å²) in [5.74, 6) is -1.18. The number of halogens is 1. The van der Waals surface area contributed by atoms with Crippen molar-refractivity contribution in [3.8, 4) is 17.2 Å². The number of aromatic nitrogens is 2. The molecule has 0 bridgehead atoms. The van der Waals surface area contributed by atoms with Gasteiger partial charge in [0, 0.05) is 22.7 Å². The Labute approximate surface area is 118 Å². The molecule has 0 aliphatic heterocycles. The first-order chi connectivity index (χ1) is 10.1. The van der Waals surface area contributed by atoms with Gasteiger partial charge in [-0.05, 0) is 30.3 Å². The molecule has 6 heteroatoms. The Hall–Kier alpha value is -3.20. The second kappa shape index (κ2) is 4.72. The molecule has 0 aliphatic rings. The predicted molar refractivity (Wildman–Crippen MR) is 74.7 cm³/mol. The average molecular weight is 280 g/mol. The topological polar surface area (TPSA) is 95.6 Å². The van der Waals surface area contributed by atoms with Crippen LogP contribution in [0.3, 0.4) is 0 Å². The second-order valence-electron chi connectivity index (χ2n) is 4.52. The van der Waals surface area contributed by atoms with Gasteiger partial charge >= 0.3 is 0 Å². The zero-order valence-electron chi connectivity index (χ0n) is 10.7. The van der Waals surface area contributed by atoms with Crippen molar-refractivity contribution in [1.82, 2.24) is 9.97 Å². The zero-order chi connectivity index (χ0) is 15.0. The Bertz CT molecular complexity index is 890. The predicted octanol–water partition coefficient (Wildman–Crippen LogP) is 2.34. The highest BCUT2D eigenvalue weighted by molar-refractivity contribution is 6.02. The summed E-state index contributed by atoms with van der Waals surface area (Å²) >= 11 is 0. The van der Waals surface area contributed by atoms with Crippen LogP contribution in [0.2, 0.25) is 0 Å². The van der Waals surface area contributed by atoms with Gasteiger partial charge in [-0.15, -0.1) is 0 Å². The number of H-pyrrole nitrogens is 1. The van der Waals surface area contributed by atoms with Gasteiger partial charge in [-0.3, -0.25) is 4.79 Å². The minimum absolute atomic E-state index is 0.247. The molecule has 5 nitrogen and oxygen atoms in total. The van der Waals surface area contributed by atoms with E-state index >= 15 is 0 Å². The molecule has 0 fully saturated rings. The number of nitrogens with zero attached hydrogens (tertiary/aromatic N) is 2. The summed E-state index contributed by atoms with van der Waals surface area (Å²) in [6, 6.07) is 9.73. The molecule has 21 heavy (non-hydrogen) atoms. The first-order valence-corrected chi connectivity index (χ1v) is 6.07. The van der Waals surface area contributed by atoms with Crippen molar-refractivity contribution in [2.75, 3.05) is 0 Å². The van der Waals surface area contributed by atoms with E-state index in [0.717, 1.165) is 0 Å². The van der Waals surface area contributed by atoms with Gasteiger partial charge in [0.15, 0.2) is 0 Å². The summed E-state index contributed by atoms with van der Waals surface area (Å²) in [7, 11) is 0. The monoisotopic (exact) mass is 280 g/mol. The van der Waals surface area contributed by atoms with Crippen molar-refractivity contribution < 1.29 is 9.18 Å². The number of rotatable bonds is 2. The standard InChI is InChI=1S/C15H9FN4O/c16-13-2-1-9(7-19-13)11-4-8(6-17)3-10-5-12(15(18)21)20-14(10)11/h1-5,7,20H,(H2,18,21). The highest BCUT2D eigenvalue weighted by atomic mass is 19.1. The van der Waals surface area contributed by atoms with Gasteiger partial charge < -0.3 is 10.7 Å². The highest BCUT2D eigenvalue weighted by Crippen LogP contribution is 2.30. The largest absolute Gasteiger partial charge is 0.364 e. The number of nitrogens with two attached hydrogens (primary N) is 1. The average Bonchev–Trinajstić information content (AvgIpc) is 2.91. The lowest BCUT2D eigenvalue weighted by Gasteiger charge is -2.04. The van der Waals surface area contributed by atoms with Crippen molar-refractivity contribution >= 4 is 16.8 Å². The van der Waals surface area contributed by atoms with E-state index in [0.29, 0.717) is 27.6 Å². The molecule has 2 aromatic heterocycles. The molecule has 0 spiro atoms. The minimum atomic E-state index is -0.590. The molecule has 0 saturated carbocycles. The number of carbonyl (C=O) groups excluding carboxylic acids is 1. The number of pyridine rings is 1. The fraction of sp³-hybridized carbons (Fsp3) is 0. The third-order valence-electron chi connectivity index (χ3n) is 3.16. The van der Waals surface area contributed by atoms with Gasteiger partial charge in [0.05, 0.1) is 17.1 Å². The van der Waals surface area contributed by atoms with E-state index in [1.807, 2.05) is 0 Å². The summed E-state index contributed by atoms with van der Waals surface area (Å²) in [4.78, 5) is 17.8. The van der Waals surface area contributed by atoms with Crippen LogP contribution in [0.15, 0.2) is 36.5 Å². The maximum absolute atomic E-state index is 12.9. The molecular weight excluding hydrogens is 271 g/mol. The number of fused-ring (bicyclic) bond motifs is 1. The van der Waals surface area contributed by atoms with E-state index < -0.39 is 11.9 Å². The quantitative estimate of drug-likeness (QED) is 0.705. The van der Waals surface area contributed by atoms with Crippen LogP contribution in [0.5, 0.6) is 0 Å². The molecule has 3 rings (SSSR count). The van der Waals surface area contributed by atoms with Gasteiger partial charge in [-0.2, -0.15) is 9.65 Å². The summed E-state index contributed by atoms with van der Waals surface area (Å²) in [6.07, 6.45) is 1.37. The Morgan fingerprint density at radius 1 is 1.33 bits per heavy atom. The van der Waals surface area contributed by atoms with Crippen LogP contribution in [0.1, 0.15) is 16.1 Å². The maximum atomic E-state index is 12.9. The van der Waals surface area contributed by atoms with Crippen LogP contribution < -0.4 is 5.73 Å². The lowest BCUT2D eigenvalue weighted by molar-refractivity contribution is 0.0996. The molecule has 0 unspecified atom stereocenters. The molecule has 2 heterocycles. The number of aromatic amines is 1. The second-order valence-corrected chi connectivity index (χ2v) is 4.52. The van der Waals surface area contributed by atoms with Crippen molar-refractivity contribution in [1.29, 1.82) is 5.26 Å². The van der Waals surface area contributed by atoms with Crippen molar-refractivity contribution in [2.45, 2.75) is 0 Å². The Morgan fingerprint density at radius 2 is 2.14 bits per heavy atom. The number of hydrogen-bond donors (Lipinski definition) is 2. The number of hydrogen-bond acceptors (Lipinski definition) is 3. The molecule has 0 atom stereocenters. The normalized spacial score (nSPS) is 10.5. The van der Waals surface area contributed by atoms with Crippen molar-refractivity contribution in [3.05, 3.63) is 53.7 Å². The number of amides is 1. The van der Waals surface area contributed by atoms with E-state index in [1.165, 1.54) is 12.3 Å². The van der Waals surface area contributed by atoms with Gasteiger partial charge in [-0.1, -0.05) is 0 Å². The number of nitriles is 1. The fourth-order valence-electron chi connectivity index (χ4n) is 2.20. The maximum Gasteiger partial charge on any atom is 0.265 e. The van der Waals surface area contributed by atoms with Crippen LogP contribution >= 0.6 is 0 Å². The van der Waals surface area contributed by atoms with Gasteiger partial charge in [-0.25, -0.2) is 4.98 Å².